The average molecular weight is 338 g/mol. The fourth-order valence-corrected chi connectivity index (χ4v) is 3.00. The van der Waals surface area contributed by atoms with Gasteiger partial charge in [0, 0.05) is 37.4 Å². The normalized spacial score (nSPS) is 15.6. The van der Waals surface area contributed by atoms with Crippen molar-refractivity contribution in [2.45, 2.75) is 13.0 Å². The van der Waals surface area contributed by atoms with E-state index in [1.807, 2.05) is 23.1 Å². The Labute approximate surface area is 147 Å². The molecule has 0 radical (unpaired) electrons. The van der Waals surface area contributed by atoms with Gasteiger partial charge in [0.05, 0.1) is 0 Å². The molecule has 1 amide bonds. The van der Waals surface area contributed by atoms with Gasteiger partial charge in [0.1, 0.15) is 12.0 Å². The molecule has 5 nitrogen and oxygen atoms in total. The minimum Gasteiger partial charge on any atom is -0.481 e. The van der Waals surface area contributed by atoms with Crippen molar-refractivity contribution < 1.29 is 14.3 Å². The Hall–Kier alpha value is -2.82. The van der Waals surface area contributed by atoms with Crippen LogP contribution in [0, 0.1) is 0 Å². The van der Waals surface area contributed by atoms with Crippen molar-refractivity contribution in [3.8, 4) is 5.75 Å². The molecule has 0 N–H and O–H groups in total. The van der Waals surface area contributed by atoms with Crippen molar-refractivity contribution in [2.75, 3.05) is 31.1 Å². The monoisotopic (exact) mass is 338 g/mol. The van der Waals surface area contributed by atoms with E-state index in [1.165, 1.54) is 5.69 Å². The fourth-order valence-electron chi connectivity index (χ4n) is 3.00. The largest absolute Gasteiger partial charge is 0.481 e. The molecule has 0 aliphatic carbocycles. The molecule has 0 bridgehead atoms. The highest BCUT2D eigenvalue weighted by atomic mass is 16.5. The Kier molecular flexibility index (Phi) is 5.33. The van der Waals surface area contributed by atoms with Gasteiger partial charge in [0.15, 0.2) is 6.10 Å². The number of amides is 1. The summed E-state index contributed by atoms with van der Waals surface area (Å²) >= 11 is 0. The standard InChI is InChI=1S/C20H22N2O3/c1-16(25-19-9-5-6-17(14-19)15-23)20(24)22-12-10-21(11-13-22)18-7-3-2-4-8-18/h2-9,14-16H,10-13H2,1H3. The van der Waals surface area contributed by atoms with Crippen LogP contribution < -0.4 is 9.64 Å². The van der Waals surface area contributed by atoms with Gasteiger partial charge in [-0.2, -0.15) is 0 Å². The Morgan fingerprint density at radius 2 is 1.76 bits per heavy atom. The number of rotatable bonds is 5. The number of carbonyl (C=O) groups is 2. The Bertz CT molecular complexity index is 725. The Balaban J connectivity index is 1.55. The first-order valence-electron chi connectivity index (χ1n) is 8.48. The van der Waals surface area contributed by atoms with Crippen LogP contribution in [0.4, 0.5) is 5.69 Å². The second-order valence-electron chi connectivity index (χ2n) is 6.10. The third kappa shape index (κ3) is 4.18. The smallest absolute Gasteiger partial charge is 0.263 e. The van der Waals surface area contributed by atoms with Crippen LogP contribution >= 0.6 is 0 Å². The number of hydrogen-bond acceptors (Lipinski definition) is 4. The van der Waals surface area contributed by atoms with Gasteiger partial charge < -0.3 is 14.5 Å². The van der Waals surface area contributed by atoms with Crippen LogP contribution in [0.25, 0.3) is 0 Å². The highest BCUT2D eigenvalue weighted by Gasteiger charge is 2.26. The summed E-state index contributed by atoms with van der Waals surface area (Å²) in [5.41, 5.74) is 1.72. The maximum Gasteiger partial charge on any atom is 0.263 e. The van der Waals surface area contributed by atoms with Crippen molar-refractivity contribution in [1.29, 1.82) is 0 Å². The molecule has 2 aromatic rings. The highest BCUT2D eigenvalue weighted by molar-refractivity contribution is 5.81. The van der Waals surface area contributed by atoms with E-state index < -0.39 is 6.10 Å². The average Bonchev–Trinajstić information content (AvgIpc) is 2.68. The number of benzene rings is 2. The molecule has 0 saturated carbocycles. The van der Waals surface area contributed by atoms with Crippen molar-refractivity contribution in [3.63, 3.8) is 0 Å². The first-order valence-corrected chi connectivity index (χ1v) is 8.48. The first-order chi connectivity index (χ1) is 12.2. The zero-order valence-corrected chi connectivity index (χ0v) is 14.3. The molecule has 1 unspecified atom stereocenters. The van der Waals surface area contributed by atoms with Crippen LogP contribution in [-0.4, -0.2) is 49.4 Å². The molecular formula is C20H22N2O3. The second kappa shape index (κ2) is 7.83. The summed E-state index contributed by atoms with van der Waals surface area (Å²) in [7, 11) is 0. The predicted octanol–water partition coefficient (Wildman–Crippen LogP) is 2.62. The Morgan fingerprint density at radius 1 is 1.04 bits per heavy atom. The number of nitrogens with zero attached hydrogens (tertiary/aromatic N) is 2. The van der Waals surface area contributed by atoms with Gasteiger partial charge in [-0.1, -0.05) is 30.3 Å². The quantitative estimate of drug-likeness (QED) is 0.787. The molecule has 1 aliphatic heterocycles. The van der Waals surface area contributed by atoms with Gasteiger partial charge in [-0.05, 0) is 31.2 Å². The molecule has 0 aromatic heterocycles. The topological polar surface area (TPSA) is 49.9 Å². The minimum absolute atomic E-state index is 0.0239. The third-order valence-corrected chi connectivity index (χ3v) is 4.37. The lowest BCUT2D eigenvalue weighted by molar-refractivity contribution is -0.138. The third-order valence-electron chi connectivity index (χ3n) is 4.37. The van der Waals surface area contributed by atoms with Crippen LogP contribution in [-0.2, 0) is 4.79 Å². The van der Waals surface area contributed by atoms with E-state index in [2.05, 4.69) is 17.0 Å². The number of piperazine rings is 1. The minimum atomic E-state index is -0.579. The lowest BCUT2D eigenvalue weighted by Crippen LogP contribution is -2.52. The zero-order chi connectivity index (χ0) is 17.6. The lowest BCUT2D eigenvalue weighted by atomic mass is 10.2. The van der Waals surface area contributed by atoms with E-state index in [0.717, 1.165) is 19.4 Å². The molecule has 2 aromatic carbocycles. The van der Waals surface area contributed by atoms with Crippen LogP contribution in [0.5, 0.6) is 5.75 Å². The van der Waals surface area contributed by atoms with Crippen LogP contribution in [0.3, 0.4) is 0 Å². The van der Waals surface area contributed by atoms with Crippen molar-refractivity contribution >= 4 is 17.9 Å². The van der Waals surface area contributed by atoms with Crippen molar-refractivity contribution in [2.24, 2.45) is 0 Å². The summed E-state index contributed by atoms with van der Waals surface area (Å²) in [6, 6.07) is 17.1. The van der Waals surface area contributed by atoms with Gasteiger partial charge >= 0.3 is 0 Å². The van der Waals surface area contributed by atoms with E-state index in [1.54, 1.807) is 31.2 Å². The first kappa shape index (κ1) is 17.0. The summed E-state index contributed by atoms with van der Waals surface area (Å²) in [6.07, 6.45) is 0.187. The predicted molar refractivity (Wildman–Crippen MR) is 97.2 cm³/mol. The molecule has 25 heavy (non-hydrogen) atoms. The Morgan fingerprint density at radius 3 is 2.44 bits per heavy atom. The molecule has 0 spiro atoms. The molecule has 1 aliphatic rings. The van der Waals surface area contributed by atoms with Crippen LogP contribution in [0.15, 0.2) is 54.6 Å². The number of ether oxygens (including phenoxy) is 1. The molecular weight excluding hydrogens is 316 g/mol. The summed E-state index contributed by atoms with van der Waals surface area (Å²) < 4.78 is 5.72. The maximum atomic E-state index is 12.6. The molecule has 1 atom stereocenters. The summed E-state index contributed by atoms with van der Waals surface area (Å²) in [4.78, 5) is 27.6. The highest BCUT2D eigenvalue weighted by Crippen LogP contribution is 2.18. The number of aldehydes is 1. The molecule has 3 rings (SSSR count). The fraction of sp³-hybridized carbons (Fsp3) is 0.300. The van der Waals surface area contributed by atoms with Gasteiger partial charge in [-0.15, -0.1) is 0 Å². The van der Waals surface area contributed by atoms with E-state index in [-0.39, 0.29) is 5.91 Å². The zero-order valence-electron chi connectivity index (χ0n) is 14.3. The van der Waals surface area contributed by atoms with Crippen molar-refractivity contribution in [1.82, 2.24) is 4.90 Å². The number of anilines is 1. The molecule has 5 heteroatoms. The summed E-state index contributed by atoms with van der Waals surface area (Å²) in [5.74, 6) is 0.512. The van der Waals surface area contributed by atoms with E-state index in [0.29, 0.717) is 24.4 Å². The maximum absolute atomic E-state index is 12.6. The van der Waals surface area contributed by atoms with E-state index in [4.69, 9.17) is 4.74 Å². The van der Waals surface area contributed by atoms with Crippen LogP contribution in [0.2, 0.25) is 0 Å². The van der Waals surface area contributed by atoms with Gasteiger partial charge in [0.2, 0.25) is 0 Å². The van der Waals surface area contributed by atoms with E-state index >= 15 is 0 Å². The SMILES string of the molecule is CC(Oc1cccc(C=O)c1)C(=O)N1CCN(c2ccccc2)CC1. The van der Waals surface area contributed by atoms with Gasteiger partial charge in [-0.25, -0.2) is 0 Å². The molecule has 1 saturated heterocycles. The summed E-state index contributed by atoms with van der Waals surface area (Å²) in [5, 5.41) is 0. The van der Waals surface area contributed by atoms with Gasteiger partial charge in [-0.3, -0.25) is 9.59 Å². The lowest BCUT2D eigenvalue weighted by Gasteiger charge is -2.37. The van der Waals surface area contributed by atoms with Crippen LogP contribution in [0.1, 0.15) is 17.3 Å². The van der Waals surface area contributed by atoms with E-state index in [9.17, 15) is 9.59 Å². The molecule has 1 fully saturated rings. The molecule has 1 heterocycles. The number of carbonyl (C=O) groups excluding carboxylic acids is 2. The van der Waals surface area contributed by atoms with Gasteiger partial charge in [0.25, 0.3) is 5.91 Å². The van der Waals surface area contributed by atoms with Crippen molar-refractivity contribution in [3.05, 3.63) is 60.2 Å². The summed E-state index contributed by atoms with van der Waals surface area (Å²) in [6.45, 7) is 4.72. The molecule has 130 valence electrons. The number of para-hydroxylation sites is 1. The number of hydrogen-bond donors (Lipinski definition) is 0. The second-order valence-corrected chi connectivity index (χ2v) is 6.10.